The normalized spacial score (nSPS) is 22.3. The number of aliphatic hydroxyl groups excluding tert-OH is 2. The van der Waals surface area contributed by atoms with Crippen LogP contribution in [0, 0.1) is 27.9 Å². The number of carbonyl (C=O) groups is 2. The lowest BCUT2D eigenvalue weighted by Crippen LogP contribution is -2.69. The van der Waals surface area contributed by atoms with Gasteiger partial charge in [-0.2, -0.15) is 0 Å². The Morgan fingerprint density at radius 3 is 2.28 bits per heavy atom. The number of nitrogens with one attached hydrogen (secondary N) is 1. The smallest absolute Gasteiger partial charge is 0.415 e. The van der Waals surface area contributed by atoms with Crippen LogP contribution < -0.4 is 19.5 Å². The number of nitro groups is 1. The summed E-state index contributed by atoms with van der Waals surface area (Å²) in [6.07, 6.45) is 6.68. The molecule has 7 rings (SSSR count). The zero-order chi connectivity index (χ0) is 45.8. The minimum absolute atomic E-state index is 0.0263. The van der Waals surface area contributed by atoms with Crippen LogP contribution >= 0.6 is 0 Å². The van der Waals surface area contributed by atoms with Crippen molar-refractivity contribution >= 4 is 23.6 Å². The van der Waals surface area contributed by atoms with E-state index in [0.717, 1.165) is 35.1 Å². The number of nitrogens with zero attached hydrogens (tertiary/aromatic N) is 3. The Kier molecular flexibility index (Phi) is 15.6. The minimum atomic E-state index is -1.57. The molecule has 65 heavy (non-hydrogen) atoms. The van der Waals surface area contributed by atoms with E-state index in [0.29, 0.717) is 42.9 Å². The molecule has 6 unspecified atom stereocenters. The molecule has 3 N–H and O–H groups in total. The number of rotatable bonds is 20. The van der Waals surface area contributed by atoms with Gasteiger partial charge in [-0.15, -0.1) is 6.58 Å². The van der Waals surface area contributed by atoms with Gasteiger partial charge in [0.25, 0.3) is 5.69 Å². The van der Waals surface area contributed by atoms with Crippen LogP contribution in [0.25, 0.3) is 0 Å². The highest BCUT2D eigenvalue weighted by Crippen LogP contribution is 2.62. The van der Waals surface area contributed by atoms with Crippen molar-refractivity contribution in [1.29, 1.82) is 0 Å². The van der Waals surface area contributed by atoms with E-state index >= 15 is 0 Å². The molecule has 0 saturated heterocycles. The highest BCUT2D eigenvalue weighted by molar-refractivity contribution is 6.03. The Hall–Kier alpha value is -6.55. The van der Waals surface area contributed by atoms with Crippen molar-refractivity contribution in [3.05, 3.63) is 154 Å². The number of likely N-dealkylation sites (N-methyl/N-ethyl adjacent to an activating group) is 1. The standard InChI is InChI=1S/C50H56N4O11/c1-3-28-61-50-45(53(2)49(58)64-38-22-20-37(21-23-38)54(59)60)31-43(52-62-33-35-16-8-5-9-17-35)41-29-36(18-10-12-26-55)40(19-11-13-27-56)46(47(41)50)42-30-39(24-25-44(42)65-50)63-48(57)51-32-34-14-6-4-7-15-34/h3-9,14-17,20-25,29-30,36,40,45-47,55-56H,1,10-13,18-19,26-28,31-33H2,2H3,(H,51,57). The van der Waals surface area contributed by atoms with Crippen molar-refractivity contribution in [2.45, 2.75) is 75.8 Å². The number of nitro benzene ring substituents is 1. The van der Waals surface area contributed by atoms with E-state index in [1.54, 1.807) is 25.3 Å². The third kappa shape index (κ3) is 10.9. The zero-order valence-corrected chi connectivity index (χ0v) is 36.5. The average molecular weight is 889 g/mol. The second kappa shape index (κ2) is 21.9. The zero-order valence-electron chi connectivity index (χ0n) is 36.5. The molecule has 1 fully saturated rings. The van der Waals surface area contributed by atoms with E-state index in [-0.39, 0.29) is 68.6 Å². The Bertz CT molecular complexity index is 2320. The molecule has 0 aromatic heterocycles. The number of amides is 2. The first-order valence-corrected chi connectivity index (χ1v) is 22.1. The maximum atomic E-state index is 14.3. The van der Waals surface area contributed by atoms with Gasteiger partial charge in [0.1, 0.15) is 29.9 Å². The monoisotopic (exact) mass is 888 g/mol. The van der Waals surface area contributed by atoms with E-state index in [9.17, 15) is 29.9 Å². The molecule has 342 valence electrons. The summed E-state index contributed by atoms with van der Waals surface area (Å²) in [5.74, 6) is -1.80. The van der Waals surface area contributed by atoms with Gasteiger partial charge >= 0.3 is 12.2 Å². The van der Waals surface area contributed by atoms with E-state index < -0.39 is 34.9 Å². The number of allylic oxidation sites excluding steroid dienone is 1. The van der Waals surface area contributed by atoms with E-state index in [1.807, 2.05) is 66.7 Å². The van der Waals surface area contributed by atoms with Gasteiger partial charge in [-0.05, 0) is 84.6 Å². The second-order valence-corrected chi connectivity index (χ2v) is 16.5. The predicted molar refractivity (Wildman–Crippen MR) is 242 cm³/mol. The quantitative estimate of drug-likeness (QED) is 0.0332. The SMILES string of the molecule is C=CCOC12Oc3ccc(OC(=O)NCc4ccccc4)cc3C3C(CCCCO)C(CCCCO)C=C(C(=NOCc4ccccc4)CC1N(C)C(=O)Oc1ccc([N+](=O)[O-])cc1)C32. The van der Waals surface area contributed by atoms with Gasteiger partial charge in [0.2, 0.25) is 5.79 Å². The number of non-ortho nitro benzene ring substituents is 1. The predicted octanol–water partition coefficient (Wildman–Crippen LogP) is 8.85. The third-order valence-corrected chi connectivity index (χ3v) is 12.4. The molecule has 1 aliphatic heterocycles. The number of fused-ring (bicyclic) bond motifs is 2. The number of benzene rings is 4. The first-order chi connectivity index (χ1) is 31.6. The molecule has 4 aromatic carbocycles. The van der Waals surface area contributed by atoms with Crippen LogP contribution in [0.1, 0.15) is 67.6 Å². The van der Waals surface area contributed by atoms with Crippen LogP contribution in [0.2, 0.25) is 0 Å². The number of hydrogen-bond acceptors (Lipinski definition) is 12. The van der Waals surface area contributed by atoms with Crippen LogP contribution in [0.3, 0.4) is 0 Å². The van der Waals surface area contributed by atoms with Crippen molar-refractivity contribution < 1.29 is 48.5 Å². The fourth-order valence-electron chi connectivity index (χ4n) is 9.40. The Balaban J connectivity index is 1.35. The summed E-state index contributed by atoms with van der Waals surface area (Å²) in [5, 5.41) is 38.9. The average Bonchev–Trinajstić information content (AvgIpc) is 3.32. The number of oxime groups is 1. The molecule has 2 amide bonds. The molecular weight excluding hydrogens is 833 g/mol. The van der Waals surface area contributed by atoms with Gasteiger partial charge in [-0.25, -0.2) is 9.59 Å². The molecule has 2 aliphatic carbocycles. The number of unbranched alkanes of at least 4 members (excludes halogenated alkanes) is 2. The summed E-state index contributed by atoms with van der Waals surface area (Å²) in [5.41, 5.74) is 3.85. The summed E-state index contributed by atoms with van der Waals surface area (Å²) in [6, 6.07) is 28.8. The summed E-state index contributed by atoms with van der Waals surface area (Å²) >= 11 is 0. The van der Waals surface area contributed by atoms with Gasteiger partial charge in [0, 0.05) is 56.8 Å². The third-order valence-electron chi connectivity index (χ3n) is 12.4. The first kappa shape index (κ1) is 46.4. The number of hydrogen-bond donors (Lipinski definition) is 3. The van der Waals surface area contributed by atoms with Gasteiger partial charge < -0.3 is 44.2 Å². The van der Waals surface area contributed by atoms with E-state index in [1.165, 1.54) is 29.2 Å². The highest BCUT2D eigenvalue weighted by atomic mass is 16.7. The topological polar surface area (TPSA) is 192 Å². The van der Waals surface area contributed by atoms with Crippen molar-refractivity contribution in [1.82, 2.24) is 10.2 Å². The van der Waals surface area contributed by atoms with Gasteiger partial charge in [-0.3, -0.25) is 10.1 Å². The summed E-state index contributed by atoms with van der Waals surface area (Å²) in [6.45, 7) is 4.54. The molecule has 0 spiro atoms. The van der Waals surface area contributed by atoms with Gasteiger partial charge in [0.05, 0.1) is 23.2 Å². The lowest BCUT2D eigenvalue weighted by Gasteiger charge is -2.59. The molecule has 15 nitrogen and oxygen atoms in total. The lowest BCUT2D eigenvalue weighted by atomic mass is 9.55. The highest BCUT2D eigenvalue weighted by Gasteiger charge is 2.65. The fourth-order valence-corrected chi connectivity index (χ4v) is 9.40. The van der Waals surface area contributed by atoms with E-state index in [2.05, 4.69) is 18.0 Å². The lowest BCUT2D eigenvalue weighted by molar-refractivity contribution is -0.384. The first-order valence-electron chi connectivity index (χ1n) is 22.1. The Morgan fingerprint density at radius 2 is 1.60 bits per heavy atom. The fraction of sp³-hybridized carbons (Fsp3) is 0.380. The minimum Gasteiger partial charge on any atom is -0.459 e. The summed E-state index contributed by atoms with van der Waals surface area (Å²) < 4.78 is 25.8. The van der Waals surface area contributed by atoms with Crippen LogP contribution in [-0.2, 0) is 22.7 Å². The maximum Gasteiger partial charge on any atom is 0.415 e. The number of aliphatic hydroxyl groups is 2. The number of ether oxygens (including phenoxy) is 4. The Labute approximate surface area is 378 Å². The summed E-state index contributed by atoms with van der Waals surface area (Å²) in [7, 11) is 1.59. The molecule has 0 radical (unpaired) electrons. The van der Waals surface area contributed by atoms with Crippen LogP contribution in [0.5, 0.6) is 17.2 Å². The van der Waals surface area contributed by atoms with Crippen LogP contribution in [-0.4, -0.2) is 76.6 Å². The van der Waals surface area contributed by atoms with Crippen molar-refractivity contribution in [3.8, 4) is 17.2 Å². The van der Waals surface area contributed by atoms with Gasteiger partial charge in [-0.1, -0.05) is 90.8 Å². The molecule has 0 bridgehead atoms. The summed E-state index contributed by atoms with van der Waals surface area (Å²) in [4.78, 5) is 45.9. The van der Waals surface area contributed by atoms with Crippen LogP contribution in [0.15, 0.2) is 133 Å². The Morgan fingerprint density at radius 1 is 0.923 bits per heavy atom. The van der Waals surface area contributed by atoms with Crippen molar-refractivity contribution in [2.75, 3.05) is 26.9 Å². The second-order valence-electron chi connectivity index (χ2n) is 16.5. The largest absolute Gasteiger partial charge is 0.459 e. The number of carbonyl (C=O) groups excluding carboxylic acids is 2. The molecule has 1 heterocycles. The van der Waals surface area contributed by atoms with Crippen molar-refractivity contribution in [2.24, 2.45) is 22.9 Å². The van der Waals surface area contributed by atoms with Crippen molar-refractivity contribution in [3.63, 3.8) is 0 Å². The molecule has 3 aliphatic rings. The van der Waals surface area contributed by atoms with Crippen LogP contribution in [0.4, 0.5) is 15.3 Å². The van der Waals surface area contributed by atoms with E-state index in [4.69, 9.17) is 28.9 Å². The molecule has 1 saturated carbocycles. The molecule has 6 atom stereocenters. The molecular formula is C50H56N4O11. The van der Waals surface area contributed by atoms with Gasteiger partial charge in [0.15, 0.2) is 0 Å². The molecule has 15 heteroatoms. The maximum absolute atomic E-state index is 14.3. The molecule has 4 aromatic rings.